The first-order chi connectivity index (χ1) is 20.5. The number of aromatic nitrogens is 2. The van der Waals surface area contributed by atoms with Gasteiger partial charge in [0.1, 0.15) is 11.7 Å². The van der Waals surface area contributed by atoms with Gasteiger partial charge >= 0.3 is 5.97 Å². The van der Waals surface area contributed by atoms with Crippen molar-refractivity contribution in [3.8, 4) is 0 Å². The molecule has 0 spiro atoms. The van der Waals surface area contributed by atoms with Crippen LogP contribution in [0.1, 0.15) is 92.4 Å². The predicted molar refractivity (Wildman–Crippen MR) is 170 cm³/mol. The number of ether oxygens (including phenoxy) is 1. The molecule has 2 fully saturated rings. The first-order valence-corrected chi connectivity index (χ1v) is 15.7. The molecule has 0 amide bonds. The van der Waals surface area contributed by atoms with E-state index in [4.69, 9.17) is 4.74 Å². The zero-order chi connectivity index (χ0) is 30.9. The molecule has 1 aliphatic carbocycles. The van der Waals surface area contributed by atoms with E-state index in [9.17, 15) is 14.7 Å². The van der Waals surface area contributed by atoms with Gasteiger partial charge in [0, 0.05) is 57.0 Å². The summed E-state index contributed by atoms with van der Waals surface area (Å²) >= 11 is 0. The van der Waals surface area contributed by atoms with E-state index in [1.807, 2.05) is 13.8 Å². The Morgan fingerprint density at radius 3 is 2.26 bits per heavy atom. The van der Waals surface area contributed by atoms with Crippen molar-refractivity contribution in [3.05, 3.63) is 61.4 Å². The first-order valence-electron chi connectivity index (χ1n) is 15.7. The average molecular weight is 585 g/mol. The summed E-state index contributed by atoms with van der Waals surface area (Å²) in [7, 11) is 1.38. The minimum Gasteiger partial charge on any atom is -0.510 e. The van der Waals surface area contributed by atoms with Gasteiger partial charge in [0.25, 0.3) is 0 Å². The molecule has 2 saturated heterocycles. The fourth-order valence-corrected chi connectivity index (χ4v) is 8.14. The van der Waals surface area contributed by atoms with Gasteiger partial charge in [0.15, 0.2) is 5.78 Å². The highest BCUT2D eigenvalue weighted by Gasteiger charge is 2.46. The molecule has 8 heteroatoms. The van der Waals surface area contributed by atoms with Crippen molar-refractivity contribution >= 4 is 41.3 Å². The highest BCUT2D eigenvalue weighted by Crippen LogP contribution is 2.43. The molecule has 4 aliphatic rings. The van der Waals surface area contributed by atoms with Crippen LogP contribution in [0.5, 0.6) is 0 Å². The van der Waals surface area contributed by atoms with Gasteiger partial charge in [0.05, 0.1) is 24.2 Å². The van der Waals surface area contributed by atoms with Crippen molar-refractivity contribution in [1.29, 1.82) is 0 Å². The summed E-state index contributed by atoms with van der Waals surface area (Å²) in [5.74, 6) is -0.438. The lowest BCUT2D eigenvalue weighted by Gasteiger charge is -2.26. The summed E-state index contributed by atoms with van der Waals surface area (Å²) in [6.07, 6.45) is 9.26. The summed E-state index contributed by atoms with van der Waals surface area (Å²) in [5, 5.41) is 20.6. The number of Topliss-reactive ketones (excluding diaryl/α,β-unsaturated/α-hetero) is 1. The number of fused-ring (bicyclic) bond motifs is 8. The number of allylic oxidation sites excluding steroid dienone is 3. The lowest BCUT2D eigenvalue weighted by molar-refractivity contribution is -0.142. The Hall–Kier alpha value is -3.94. The van der Waals surface area contributed by atoms with Gasteiger partial charge in [-0.2, -0.15) is 0 Å². The second-order valence-corrected chi connectivity index (χ2v) is 12.8. The van der Waals surface area contributed by atoms with Gasteiger partial charge in [-0.1, -0.05) is 34.1 Å². The summed E-state index contributed by atoms with van der Waals surface area (Å²) in [6.45, 7) is 14.4. The molecule has 43 heavy (non-hydrogen) atoms. The smallest absolute Gasteiger partial charge is 0.320 e. The van der Waals surface area contributed by atoms with Crippen LogP contribution in [0.4, 0.5) is 0 Å². The number of hydrogen-bond acceptors (Lipinski definition) is 6. The van der Waals surface area contributed by atoms with Gasteiger partial charge in [-0.05, 0) is 74.5 Å². The number of aliphatic hydroxyl groups excluding tert-OH is 1. The van der Waals surface area contributed by atoms with Crippen LogP contribution in [0.3, 0.4) is 0 Å². The van der Waals surface area contributed by atoms with Gasteiger partial charge < -0.3 is 30.4 Å². The Balaban J connectivity index is 1.68. The lowest BCUT2D eigenvalue weighted by Crippen LogP contribution is -2.37. The average Bonchev–Trinajstić information content (AvgIpc) is 3.70. The topological polar surface area (TPSA) is 119 Å². The molecule has 8 nitrogen and oxygen atoms in total. The van der Waals surface area contributed by atoms with Crippen molar-refractivity contribution < 1.29 is 19.4 Å². The minimum absolute atomic E-state index is 0.0287. The Kier molecular flexibility index (Phi) is 7.22. The molecule has 0 radical (unpaired) electrons. The molecule has 3 aliphatic heterocycles. The highest BCUT2D eigenvalue weighted by atomic mass is 16.5. The number of nitrogens with one attached hydrogen (secondary N) is 4. The summed E-state index contributed by atoms with van der Waals surface area (Å²) < 4.78 is 5.25. The van der Waals surface area contributed by atoms with Crippen LogP contribution in [0.2, 0.25) is 0 Å². The van der Waals surface area contributed by atoms with E-state index in [1.165, 1.54) is 7.11 Å². The van der Waals surface area contributed by atoms with Gasteiger partial charge in [-0.15, -0.1) is 0 Å². The number of carbonyl (C=O) groups is 2. The molecule has 6 rings (SSSR count). The summed E-state index contributed by atoms with van der Waals surface area (Å²) in [6, 6.07) is -0.193. The van der Waals surface area contributed by atoms with Crippen molar-refractivity contribution in [1.82, 2.24) is 20.6 Å². The molecule has 0 saturated carbocycles. The highest BCUT2D eigenvalue weighted by molar-refractivity contribution is 6.00. The summed E-state index contributed by atoms with van der Waals surface area (Å²) in [4.78, 5) is 33.5. The molecule has 2 aromatic heterocycles. The third kappa shape index (κ3) is 4.32. The molecule has 5 N–H and O–H groups in total. The molecule has 228 valence electrons. The fraction of sp³-hybridized carbons (Fsp3) is 0.486. The van der Waals surface area contributed by atoms with Crippen LogP contribution in [0.15, 0.2) is 17.1 Å². The van der Waals surface area contributed by atoms with Gasteiger partial charge in [-0.3, -0.25) is 9.59 Å². The monoisotopic (exact) mass is 584 g/mol. The first kappa shape index (κ1) is 29.1. The van der Waals surface area contributed by atoms with Crippen molar-refractivity contribution in [2.75, 3.05) is 7.11 Å². The number of rotatable bonds is 5. The number of aliphatic hydroxyl groups is 1. The third-order valence-corrected chi connectivity index (χ3v) is 10.5. The number of methoxy groups -OCH3 is 1. The van der Waals surface area contributed by atoms with Gasteiger partial charge in [-0.25, -0.2) is 0 Å². The van der Waals surface area contributed by atoms with E-state index in [2.05, 4.69) is 66.5 Å². The standard InChI is InChI=1S/C35H44N4O4/c1-9-11-21-16(4)23-12-24-17(5)28(19(7)40)27(37-24)14-22-15(3)20(10-2)26(36-22)13-25-18(6)29-33(39-25)30(32(21)38-23)31(34(29)41)35(42)43-8/h12-16,20-21,31-32,36-39,41H,9-11H2,1-8H3/b22-14-,23-12-,26-13-/t15-,16+,20-,21+,31-,32+/m1/s1. The normalized spacial score (nSPS) is 31.0. The maximum Gasteiger partial charge on any atom is 0.320 e. The number of ketones is 1. The second kappa shape index (κ2) is 10.6. The lowest BCUT2D eigenvalue weighted by atomic mass is 9.80. The van der Waals surface area contributed by atoms with E-state index in [-0.39, 0.29) is 41.3 Å². The quantitative estimate of drug-likeness (QED) is 0.254. The van der Waals surface area contributed by atoms with Crippen LogP contribution in [0.25, 0.3) is 29.6 Å². The van der Waals surface area contributed by atoms with Crippen LogP contribution >= 0.6 is 0 Å². The Morgan fingerprint density at radius 2 is 1.60 bits per heavy atom. The third-order valence-electron chi connectivity index (χ3n) is 10.5. The molecule has 2 aromatic rings. The number of H-pyrrole nitrogens is 2. The molecular formula is C35H44N4O4. The number of carbonyl (C=O) groups excluding carboxylic acids is 2. The van der Waals surface area contributed by atoms with Crippen LogP contribution in [0, 0.1) is 43.4 Å². The minimum atomic E-state index is -0.875. The van der Waals surface area contributed by atoms with Crippen molar-refractivity contribution in [3.63, 3.8) is 0 Å². The van der Waals surface area contributed by atoms with Crippen LogP contribution in [-0.4, -0.2) is 40.0 Å². The van der Waals surface area contributed by atoms with Crippen LogP contribution < -0.4 is 21.2 Å². The van der Waals surface area contributed by atoms with Gasteiger partial charge in [0.2, 0.25) is 0 Å². The van der Waals surface area contributed by atoms with E-state index in [1.54, 1.807) is 6.92 Å². The molecular weight excluding hydrogens is 540 g/mol. The maximum atomic E-state index is 13.3. The molecule has 5 heterocycles. The number of esters is 1. The molecule has 0 aromatic carbocycles. The fourth-order valence-electron chi connectivity index (χ4n) is 8.14. The maximum absolute atomic E-state index is 13.3. The van der Waals surface area contributed by atoms with E-state index in [0.717, 1.165) is 75.5 Å². The number of aromatic amines is 2. The van der Waals surface area contributed by atoms with Crippen molar-refractivity contribution in [2.24, 2.45) is 29.6 Å². The Morgan fingerprint density at radius 1 is 0.930 bits per heavy atom. The second-order valence-electron chi connectivity index (χ2n) is 12.8. The Bertz CT molecular complexity index is 1750. The van der Waals surface area contributed by atoms with Crippen LogP contribution in [-0.2, 0) is 9.53 Å². The number of hydrogen-bond donors (Lipinski definition) is 5. The van der Waals surface area contributed by atoms with E-state index >= 15 is 0 Å². The molecule has 8 bridgehead atoms. The largest absolute Gasteiger partial charge is 0.510 e. The summed E-state index contributed by atoms with van der Waals surface area (Å²) in [5.41, 5.74) is 9.21. The Labute approximate surface area is 253 Å². The van der Waals surface area contributed by atoms with E-state index in [0.29, 0.717) is 10.8 Å². The molecule has 6 atom stereocenters. The van der Waals surface area contributed by atoms with E-state index < -0.39 is 11.9 Å². The SMILES string of the molecule is CCC[C@@H]1[C@@H]2N/C(=C\c3[nH]c(c(C(C)=O)c3C)/C=C3\N/C(=C\c4[nH]c5c(c4C)=C(O)[C@H](C(=O)OC)C=52)[C@H](CC)[C@H]3C)[C@H]1C. The predicted octanol–water partition coefficient (Wildman–Crippen LogP) is 4.81. The zero-order valence-electron chi connectivity index (χ0n) is 26.5. The zero-order valence-corrected chi connectivity index (χ0v) is 26.5. The van der Waals surface area contributed by atoms with Crippen molar-refractivity contribution in [2.45, 2.75) is 73.8 Å². The molecule has 0 unspecified atom stereocenters.